The van der Waals surface area contributed by atoms with Crippen LogP contribution in [0.3, 0.4) is 0 Å². The third-order valence-corrected chi connectivity index (χ3v) is 3.89. The molecule has 2 aromatic rings. The predicted molar refractivity (Wildman–Crippen MR) is 80.4 cm³/mol. The largest absolute Gasteiger partial charge is 0.391 e. The number of aryl methyl sites for hydroxylation is 1. The number of likely N-dealkylation sites (tertiary alicyclic amines) is 1. The minimum absolute atomic E-state index is 0.0347. The van der Waals surface area contributed by atoms with Gasteiger partial charge in [0.05, 0.1) is 12.1 Å². The van der Waals surface area contributed by atoms with Gasteiger partial charge in [-0.15, -0.1) is 0 Å². The molecule has 3 rings (SSSR count). The highest BCUT2D eigenvalue weighted by Gasteiger charge is 2.36. The molecule has 1 amide bonds. The molecule has 1 saturated heterocycles. The van der Waals surface area contributed by atoms with E-state index in [0.29, 0.717) is 12.1 Å². The molecule has 0 spiro atoms. The van der Waals surface area contributed by atoms with Gasteiger partial charge in [0.25, 0.3) is 5.91 Å². The van der Waals surface area contributed by atoms with E-state index in [1.807, 2.05) is 0 Å². The van der Waals surface area contributed by atoms with Crippen molar-refractivity contribution in [1.29, 1.82) is 0 Å². The summed E-state index contributed by atoms with van der Waals surface area (Å²) >= 11 is 0. The third-order valence-electron chi connectivity index (χ3n) is 3.89. The Morgan fingerprint density at radius 3 is 2.74 bits per heavy atom. The number of aliphatic hydroxyl groups excluding tert-OH is 1. The lowest BCUT2D eigenvalue weighted by atomic mass is 10.0. The fraction of sp³-hybridized carbons (Fsp3) is 0.312. The van der Waals surface area contributed by atoms with Gasteiger partial charge in [-0.25, -0.2) is 9.18 Å². The highest BCUT2D eigenvalue weighted by atomic mass is 19.1. The van der Waals surface area contributed by atoms with Gasteiger partial charge >= 0.3 is 5.69 Å². The van der Waals surface area contributed by atoms with Crippen molar-refractivity contribution in [3.63, 3.8) is 0 Å². The van der Waals surface area contributed by atoms with Crippen LogP contribution in [0.4, 0.5) is 4.39 Å². The Bertz CT molecular complexity index is 788. The number of aliphatic hydroxyl groups is 1. The third kappa shape index (κ3) is 3.14. The minimum atomic E-state index is -0.669. The minimum Gasteiger partial charge on any atom is -0.391 e. The van der Waals surface area contributed by atoms with Crippen LogP contribution in [-0.4, -0.2) is 38.5 Å². The lowest BCUT2D eigenvalue weighted by Crippen LogP contribution is -2.33. The number of nitrogens with one attached hydrogen (secondary N) is 1. The first-order valence-corrected chi connectivity index (χ1v) is 7.26. The van der Waals surface area contributed by atoms with Crippen molar-refractivity contribution in [2.24, 2.45) is 0 Å². The van der Waals surface area contributed by atoms with E-state index in [-0.39, 0.29) is 24.1 Å². The van der Waals surface area contributed by atoms with Gasteiger partial charge < -0.3 is 15.0 Å². The number of halogens is 1. The Hall–Kier alpha value is -2.54. The number of benzene rings is 1. The van der Waals surface area contributed by atoms with Gasteiger partial charge in [-0.3, -0.25) is 4.79 Å². The molecule has 1 aliphatic rings. The molecule has 2 atom stereocenters. The number of rotatable bonds is 2. The maximum atomic E-state index is 13.1. The van der Waals surface area contributed by atoms with Crippen molar-refractivity contribution in [1.82, 2.24) is 14.9 Å². The number of H-pyrrole nitrogens is 1. The molecule has 1 fully saturated rings. The van der Waals surface area contributed by atoms with Crippen molar-refractivity contribution in [2.45, 2.75) is 25.5 Å². The number of aromatic amines is 1. The Kier molecular flexibility index (Phi) is 3.96. The van der Waals surface area contributed by atoms with E-state index in [1.54, 1.807) is 19.1 Å². The fourth-order valence-electron chi connectivity index (χ4n) is 2.88. The van der Waals surface area contributed by atoms with Crippen molar-refractivity contribution in [3.8, 4) is 0 Å². The average Bonchev–Trinajstić information content (AvgIpc) is 2.88. The summed E-state index contributed by atoms with van der Waals surface area (Å²) in [6, 6.07) is 6.94. The molecule has 0 radical (unpaired) electrons. The number of nitrogens with zero attached hydrogens (tertiary/aromatic N) is 2. The van der Waals surface area contributed by atoms with Crippen LogP contribution >= 0.6 is 0 Å². The SMILES string of the molecule is Cc1cc(C(=O)N2CC(O)CC2c2ccc(F)cc2)nc(=O)[nH]1. The Morgan fingerprint density at radius 1 is 1.39 bits per heavy atom. The molecule has 6 nitrogen and oxygen atoms in total. The second-order valence-corrected chi connectivity index (χ2v) is 5.67. The molecular formula is C16H16FN3O3. The highest BCUT2D eigenvalue weighted by Crippen LogP contribution is 2.33. The van der Waals surface area contributed by atoms with Gasteiger partial charge in [-0.1, -0.05) is 12.1 Å². The van der Waals surface area contributed by atoms with Gasteiger partial charge in [0.15, 0.2) is 0 Å². The van der Waals surface area contributed by atoms with E-state index in [2.05, 4.69) is 9.97 Å². The Morgan fingerprint density at radius 2 is 2.09 bits per heavy atom. The lowest BCUT2D eigenvalue weighted by Gasteiger charge is -2.24. The number of carbonyl (C=O) groups is 1. The van der Waals surface area contributed by atoms with Crippen molar-refractivity contribution in [3.05, 3.63) is 63.6 Å². The van der Waals surface area contributed by atoms with E-state index in [9.17, 15) is 19.1 Å². The molecule has 0 saturated carbocycles. The number of hydrogen-bond acceptors (Lipinski definition) is 4. The number of aromatic nitrogens is 2. The second kappa shape index (κ2) is 5.92. The maximum absolute atomic E-state index is 13.1. The summed E-state index contributed by atoms with van der Waals surface area (Å²) in [5, 5.41) is 9.93. The monoisotopic (exact) mass is 317 g/mol. The van der Waals surface area contributed by atoms with Gasteiger partial charge in [-0.2, -0.15) is 4.98 Å². The Balaban J connectivity index is 1.94. The van der Waals surface area contributed by atoms with E-state index >= 15 is 0 Å². The van der Waals surface area contributed by atoms with Crippen LogP contribution in [0.2, 0.25) is 0 Å². The fourth-order valence-corrected chi connectivity index (χ4v) is 2.88. The van der Waals surface area contributed by atoms with Crippen LogP contribution in [0.1, 0.15) is 34.2 Å². The summed E-state index contributed by atoms with van der Waals surface area (Å²) in [6.45, 7) is 1.81. The first-order chi connectivity index (χ1) is 10.9. The maximum Gasteiger partial charge on any atom is 0.345 e. The average molecular weight is 317 g/mol. The molecule has 7 heteroatoms. The molecule has 2 unspecified atom stereocenters. The van der Waals surface area contributed by atoms with Crippen LogP contribution in [0.15, 0.2) is 35.1 Å². The summed E-state index contributed by atoms with van der Waals surface area (Å²) < 4.78 is 13.1. The number of carbonyl (C=O) groups excluding carboxylic acids is 1. The van der Waals surface area contributed by atoms with E-state index in [4.69, 9.17) is 0 Å². The summed E-state index contributed by atoms with van der Waals surface area (Å²) in [7, 11) is 0. The predicted octanol–water partition coefficient (Wildman–Crippen LogP) is 1.17. The van der Waals surface area contributed by atoms with E-state index < -0.39 is 17.7 Å². The van der Waals surface area contributed by atoms with E-state index in [0.717, 1.165) is 5.56 Å². The molecule has 1 aromatic carbocycles. The molecule has 2 N–H and O–H groups in total. The number of β-amino-alcohol motifs (C(OH)–C–C–N with tert-alkyl or cyclic N) is 1. The topological polar surface area (TPSA) is 86.3 Å². The summed E-state index contributed by atoms with van der Waals surface area (Å²) in [5.74, 6) is -0.790. The second-order valence-electron chi connectivity index (χ2n) is 5.67. The van der Waals surface area contributed by atoms with Gasteiger partial charge in [0.1, 0.15) is 11.5 Å². The van der Waals surface area contributed by atoms with Gasteiger partial charge in [0.2, 0.25) is 0 Å². The van der Waals surface area contributed by atoms with Crippen molar-refractivity contribution in [2.75, 3.05) is 6.54 Å². The zero-order chi connectivity index (χ0) is 16.6. The molecule has 23 heavy (non-hydrogen) atoms. The summed E-state index contributed by atoms with van der Waals surface area (Å²) in [5.41, 5.74) is 0.711. The standard InChI is InChI=1S/C16H16FN3O3/c1-9-6-13(19-16(23)18-9)15(22)20-8-12(21)7-14(20)10-2-4-11(17)5-3-10/h2-6,12,14,21H,7-8H2,1H3,(H,18,19,23). The Labute approximate surface area is 131 Å². The quantitative estimate of drug-likeness (QED) is 0.870. The lowest BCUT2D eigenvalue weighted by molar-refractivity contribution is 0.0709. The highest BCUT2D eigenvalue weighted by molar-refractivity contribution is 5.92. The van der Waals surface area contributed by atoms with Crippen LogP contribution in [0.25, 0.3) is 0 Å². The molecule has 0 aliphatic carbocycles. The van der Waals surface area contributed by atoms with Crippen LogP contribution in [-0.2, 0) is 0 Å². The molecule has 0 bridgehead atoms. The molecule has 120 valence electrons. The molecule has 1 aliphatic heterocycles. The van der Waals surface area contributed by atoms with E-state index in [1.165, 1.54) is 23.1 Å². The molecular weight excluding hydrogens is 301 g/mol. The van der Waals surface area contributed by atoms with Crippen molar-refractivity contribution >= 4 is 5.91 Å². The first kappa shape index (κ1) is 15.4. The summed E-state index contributed by atoms with van der Waals surface area (Å²) in [4.78, 5) is 31.8. The molecule has 1 aromatic heterocycles. The first-order valence-electron chi connectivity index (χ1n) is 7.26. The zero-order valence-electron chi connectivity index (χ0n) is 12.5. The van der Waals surface area contributed by atoms with Crippen LogP contribution in [0, 0.1) is 12.7 Å². The number of amides is 1. The van der Waals surface area contributed by atoms with Gasteiger partial charge in [0, 0.05) is 12.2 Å². The van der Waals surface area contributed by atoms with Crippen LogP contribution < -0.4 is 5.69 Å². The zero-order valence-corrected chi connectivity index (χ0v) is 12.5. The van der Waals surface area contributed by atoms with Gasteiger partial charge in [-0.05, 0) is 37.1 Å². The van der Waals surface area contributed by atoms with Crippen molar-refractivity contribution < 1.29 is 14.3 Å². The smallest absolute Gasteiger partial charge is 0.345 e. The summed E-state index contributed by atoms with van der Waals surface area (Å²) in [6.07, 6.45) is -0.309. The normalized spacial score (nSPS) is 20.7. The van der Waals surface area contributed by atoms with Crippen LogP contribution in [0.5, 0.6) is 0 Å². The molecule has 2 heterocycles. The number of hydrogen-bond donors (Lipinski definition) is 2.